The monoisotopic (exact) mass is 316 g/mol. The maximum absolute atomic E-state index is 12.3. The van der Waals surface area contributed by atoms with Crippen LogP contribution in [0.4, 0.5) is 5.82 Å². The molecular weight excluding hydrogens is 292 g/mol. The zero-order valence-corrected chi connectivity index (χ0v) is 14.0. The fourth-order valence-electron chi connectivity index (χ4n) is 2.89. The summed E-state index contributed by atoms with van der Waals surface area (Å²) < 4.78 is 1.70. The van der Waals surface area contributed by atoms with Gasteiger partial charge in [-0.3, -0.25) is 9.48 Å². The Morgan fingerprint density at radius 1 is 1.35 bits per heavy atom. The topological polar surface area (TPSA) is 75.9 Å². The summed E-state index contributed by atoms with van der Waals surface area (Å²) in [4.78, 5) is 23.5. The van der Waals surface area contributed by atoms with Gasteiger partial charge in [0, 0.05) is 26.7 Å². The Labute approximate surface area is 136 Å². The second-order valence-electron chi connectivity index (χ2n) is 6.30. The van der Waals surface area contributed by atoms with E-state index in [1.807, 2.05) is 14.0 Å². The zero-order valence-electron chi connectivity index (χ0n) is 14.0. The molecule has 3 rings (SSSR count). The molecule has 3 heterocycles. The number of piperidine rings is 1. The predicted octanol–water partition coefficient (Wildman–Crippen LogP) is 1.74. The zero-order chi connectivity index (χ0) is 16.4. The van der Waals surface area contributed by atoms with Gasteiger partial charge < -0.3 is 10.2 Å². The molecule has 2 aromatic heterocycles. The average molecular weight is 316 g/mol. The molecular formula is C16H24N6O. The van der Waals surface area contributed by atoms with E-state index in [0.29, 0.717) is 12.2 Å². The third kappa shape index (κ3) is 3.13. The van der Waals surface area contributed by atoms with Crippen molar-refractivity contribution in [2.45, 2.75) is 33.1 Å². The van der Waals surface area contributed by atoms with Crippen LogP contribution in [-0.2, 0) is 7.05 Å². The first-order valence-electron chi connectivity index (χ1n) is 8.33. The summed E-state index contributed by atoms with van der Waals surface area (Å²) in [6.07, 6.45) is 4.96. The highest BCUT2D eigenvalue weighted by atomic mass is 16.2. The van der Waals surface area contributed by atoms with Crippen molar-refractivity contribution in [3.63, 3.8) is 0 Å². The lowest BCUT2D eigenvalue weighted by molar-refractivity contribution is 0.0943. The van der Waals surface area contributed by atoms with Crippen LogP contribution in [0.5, 0.6) is 0 Å². The summed E-state index contributed by atoms with van der Waals surface area (Å²) >= 11 is 0. The van der Waals surface area contributed by atoms with Gasteiger partial charge in [-0.2, -0.15) is 5.10 Å². The standard InChI is InChI=1S/C16H24N6O/c1-4-7-17-16(23)13-19-14-12(10-18-21(14)3)15(20-13)22-8-5-11(2)6-9-22/h10-11H,4-9H2,1-3H3,(H,17,23). The number of carbonyl (C=O) groups is 1. The lowest BCUT2D eigenvalue weighted by Gasteiger charge is -2.31. The Morgan fingerprint density at radius 2 is 2.09 bits per heavy atom. The lowest BCUT2D eigenvalue weighted by Crippen LogP contribution is -2.34. The van der Waals surface area contributed by atoms with Crippen LogP contribution in [0.2, 0.25) is 0 Å². The summed E-state index contributed by atoms with van der Waals surface area (Å²) in [7, 11) is 1.84. The van der Waals surface area contributed by atoms with Crippen LogP contribution in [0, 0.1) is 5.92 Å². The summed E-state index contributed by atoms with van der Waals surface area (Å²) in [5.41, 5.74) is 0.704. The summed E-state index contributed by atoms with van der Waals surface area (Å²) in [5, 5.41) is 8.05. The molecule has 23 heavy (non-hydrogen) atoms. The molecule has 0 bridgehead atoms. The van der Waals surface area contributed by atoms with Crippen molar-refractivity contribution in [3.8, 4) is 0 Å². The molecule has 0 atom stereocenters. The molecule has 2 aromatic rings. The number of rotatable bonds is 4. The quantitative estimate of drug-likeness (QED) is 0.930. The van der Waals surface area contributed by atoms with Gasteiger partial charge in [-0.05, 0) is 25.2 Å². The maximum atomic E-state index is 12.3. The SMILES string of the molecule is CCCNC(=O)c1nc(N2CCC(C)CC2)c2cnn(C)c2n1. The lowest BCUT2D eigenvalue weighted by atomic mass is 9.99. The van der Waals surface area contributed by atoms with Gasteiger partial charge in [0.2, 0.25) is 5.82 Å². The summed E-state index contributed by atoms with van der Waals surface area (Å²) in [6, 6.07) is 0. The molecule has 124 valence electrons. The van der Waals surface area contributed by atoms with E-state index in [0.717, 1.165) is 49.5 Å². The minimum absolute atomic E-state index is 0.221. The van der Waals surface area contributed by atoms with Crippen molar-refractivity contribution in [2.24, 2.45) is 13.0 Å². The molecule has 0 aliphatic carbocycles. The van der Waals surface area contributed by atoms with E-state index in [1.54, 1.807) is 10.9 Å². The van der Waals surface area contributed by atoms with Crippen LogP contribution >= 0.6 is 0 Å². The Hall–Kier alpha value is -2.18. The summed E-state index contributed by atoms with van der Waals surface area (Å²) in [5.74, 6) is 1.58. The second-order valence-corrected chi connectivity index (χ2v) is 6.30. The van der Waals surface area contributed by atoms with Gasteiger partial charge in [0.05, 0.1) is 11.6 Å². The highest BCUT2D eigenvalue weighted by Gasteiger charge is 2.23. The van der Waals surface area contributed by atoms with Gasteiger partial charge in [0.15, 0.2) is 5.65 Å². The Balaban J connectivity index is 1.99. The maximum Gasteiger partial charge on any atom is 0.289 e. The van der Waals surface area contributed by atoms with Crippen molar-refractivity contribution < 1.29 is 4.79 Å². The van der Waals surface area contributed by atoms with E-state index in [1.165, 1.54) is 0 Å². The molecule has 0 unspecified atom stereocenters. The molecule has 7 heteroatoms. The van der Waals surface area contributed by atoms with Crippen LogP contribution in [0.3, 0.4) is 0 Å². The van der Waals surface area contributed by atoms with E-state index in [4.69, 9.17) is 0 Å². The number of aromatic nitrogens is 4. The Kier molecular flexibility index (Phi) is 4.45. The third-order valence-corrected chi connectivity index (χ3v) is 4.39. The molecule has 0 aromatic carbocycles. The van der Waals surface area contributed by atoms with E-state index in [9.17, 15) is 4.79 Å². The highest BCUT2D eigenvalue weighted by Crippen LogP contribution is 2.27. The summed E-state index contributed by atoms with van der Waals surface area (Å²) in [6.45, 7) is 6.84. The van der Waals surface area contributed by atoms with Gasteiger partial charge in [-0.1, -0.05) is 13.8 Å². The molecule has 0 spiro atoms. The molecule has 0 saturated carbocycles. The van der Waals surface area contributed by atoms with Crippen LogP contribution < -0.4 is 10.2 Å². The number of fused-ring (bicyclic) bond motifs is 1. The number of anilines is 1. The van der Waals surface area contributed by atoms with Gasteiger partial charge in [-0.25, -0.2) is 9.97 Å². The molecule has 1 aliphatic rings. The molecule has 0 radical (unpaired) electrons. The van der Waals surface area contributed by atoms with Gasteiger partial charge in [-0.15, -0.1) is 0 Å². The average Bonchev–Trinajstić information content (AvgIpc) is 2.94. The van der Waals surface area contributed by atoms with Crippen molar-refractivity contribution in [3.05, 3.63) is 12.0 Å². The van der Waals surface area contributed by atoms with Crippen molar-refractivity contribution in [1.29, 1.82) is 0 Å². The first kappa shape index (κ1) is 15.7. The molecule has 1 amide bonds. The predicted molar refractivity (Wildman–Crippen MR) is 89.5 cm³/mol. The number of hydrogen-bond donors (Lipinski definition) is 1. The number of nitrogens with one attached hydrogen (secondary N) is 1. The number of carbonyl (C=O) groups excluding carboxylic acids is 1. The van der Waals surface area contributed by atoms with Crippen LogP contribution in [-0.4, -0.2) is 45.3 Å². The van der Waals surface area contributed by atoms with E-state index < -0.39 is 0 Å². The fraction of sp³-hybridized carbons (Fsp3) is 0.625. The Bertz CT molecular complexity index is 702. The first-order valence-corrected chi connectivity index (χ1v) is 8.33. The molecule has 1 N–H and O–H groups in total. The van der Waals surface area contributed by atoms with E-state index in [2.05, 4.69) is 32.2 Å². The van der Waals surface area contributed by atoms with Gasteiger partial charge >= 0.3 is 0 Å². The van der Waals surface area contributed by atoms with Gasteiger partial charge in [0.25, 0.3) is 5.91 Å². The molecule has 1 aliphatic heterocycles. The number of amides is 1. The van der Waals surface area contributed by atoms with Crippen LogP contribution in [0.1, 0.15) is 43.7 Å². The third-order valence-electron chi connectivity index (χ3n) is 4.39. The Morgan fingerprint density at radius 3 is 2.78 bits per heavy atom. The van der Waals surface area contributed by atoms with Crippen molar-refractivity contribution >= 4 is 22.8 Å². The van der Waals surface area contributed by atoms with Gasteiger partial charge in [0.1, 0.15) is 5.82 Å². The molecule has 1 fully saturated rings. The number of aryl methyl sites for hydroxylation is 1. The van der Waals surface area contributed by atoms with Crippen molar-refractivity contribution in [1.82, 2.24) is 25.1 Å². The normalized spacial score (nSPS) is 16.0. The van der Waals surface area contributed by atoms with Crippen molar-refractivity contribution in [2.75, 3.05) is 24.5 Å². The van der Waals surface area contributed by atoms with Crippen LogP contribution in [0.15, 0.2) is 6.20 Å². The van der Waals surface area contributed by atoms with Crippen LogP contribution in [0.25, 0.3) is 11.0 Å². The fourth-order valence-corrected chi connectivity index (χ4v) is 2.89. The molecule has 7 nitrogen and oxygen atoms in total. The van der Waals surface area contributed by atoms with E-state index >= 15 is 0 Å². The molecule has 1 saturated heterocycles. The number of nitrogens with zero attached hydrogens (tertiary/aromatic N) is 5. The first-order chi connectivity index (χ1) is 11.1. The largest absolute Gasteiger partial charge is 0.356 e. The highest BCUT2D eigenvalue weighted by molar-refractivity contribution is 5.95. The smallest absolute Gasteiger partial charge is 0.289 e. The minimum Gasteiger partial charge on any atom is -0.356 e. The second kappa shape index (κ2) is 6.52. The van der Waals surface area contributed by atoms with E-state index in [-0.39, 0.29) is 11.7 Å². The number of hydrogen-bond acceptors (Lipinski definition) is 5. The minimum atomic E-state index is -0.221.